The lowest BCUT2D eigenvalue weighted by Crippen LogP contribution is -1.87. The Morgan fingerprint density at radius 3 is 2.86 bits per heavy atom. The third-order valence-electron chi connectivity index (χ3n) is 0.758. The summed E-state index contributed by atoms with van der Waals surface area (Å²) in [4.78, 5) is 3.76. The van der Waals surface area contributed by atoms with Crippen molar-refractivity contribution in [1.82, 2.24) is 0 Å². The van der Waals surface area contributed by atoms with E-state index in [1.807, 2.05) is 6.07 Å². The van der Waals surface area contributed by atoms with E-state index in [0.29, 0.717) is 0 Å². The number of aliphatic imine (C=N–C) groups is 1. The van der Waals surface area contributed by atoms with E-state index < -0.39 is 0 Å². The fraction of sp³-hybridized carbons (Fsp3) is 0.200. The van der Waals surface area contributed by atoms with Crippen LogP contribution >= 0.6 is 0 Å². The fourth-order valence-corrected chi connectivity index (χ4v) is 0.423. The maximum atomic E-state index is 8.15. The van der Waals surface area contributed by atoms with E-state index >= 15 is 0 Å². The van der Waals surface area contributed by atoms with Crippen molar-refractivity contribution in [2.75, 3.05) is 0 Å². The molecule has 0 saturated carbocycles. The van der Waals surface area contributed by atoms with Gasteiger partial charge in [0.25, 0.3) is 0 Å². The van der Waals surface area contributed by atoms with Crippen LogP contribution in [-0.2, 0) is 0 Å². The van der Waals surface area contributed by atoms with Crippen molar-refractivity contribution in [3.8, 4) is 6.07 Å². The lowest BCUT2D eigenvalue weighted by atomic mass is 10.3. The fourth-order valence-electron chi connectivity index (χ4n) is 0.423. The van der Waals surface area contributed by atoms with E-state index in [-0.39, 0.29) is 6.04 Å². The zero-order chi connectivity index (χ0) is 5.11. The summed E-state index contributed by atoms with van der Waals surface area (Å²) in [7, 11) is 0. The molecule has 0 spiro atoms. The summed E-state index contributed by atoms with van der Waals surface area (Å²) in [6.07, 6.45) is 5.15. The van der Waals surface area contributed by atoms with Gasteiger partial charge in [-0.3, -0.25) is 4.99 Å². The third-order valence-corrected chi connectivity index (χ3v) is 0.758. The highest BCUT2D eigenvalue weighted by Gasteiger charge is 1.98. The molecule has 0 saturated heterocycles. The minimum absolute atomic E-state index is 0.208. The van der Waals surface area contributed by atoms with Gasteiger partial charge in [0.05, 0.1) is 6.07 Å². The molecule has 0 aliphatic carbocycles. The van der Waals surface area contributed by atoms with Crippen molar-refractivity contribution in [1.29, 1.82) is 5.26 Å². The van der Waals surface area contributed by atoms with Gasteiger partial charge in [0.1, 0.15) is 0 Å². The highest BCUT2D eigenvalue weighted by atomic mass is 14.8. The Hall–Kier alpha value is -1.10. The second-order valence-electron chi connectivity index (χ2n) is 1.26. The minimum atomic E-state index is -0.208. The first-order valence-electron chi connectivity index (χ1n) is 2.03. The van der Waals surface area contributed by atoms with Gasteiger partial charge >= 0.3 is 0 Å². The van der Waals surface area contributed by atoms with Crippen LogP contribution in [0.15, 0.2) is 17.1 Å². The number of allylic oxidation sites excluding steroid dienone is 1. The van der Waals surface area contributed by atoms with Crippen LogP contribution in [0.3, 0.4) is 0 Å². The molecule has 2 nitrogen and oxygen atoms in total. The average Bonchev–Trinajstić information content (AvgIpc) is 2.14. The molecule has 0 aromatic heterocycles. The lowest BCUT2D eigenvalue weighted by Gasteiger charge is -1.81. The zero-order valence-corrected chi connectivity index (χ0v) is 3.70. The van der Waals surface area contributed by atoms with Crippen molar-refractivity contribution in [2.45, 2.75) is 6.04 Å². The first-order chi connectivity index (χ1) is 3.43. The van der Waals surface area contributed by atoms with Crippen LogP contribution in [0.1, 0.15) is 0 Å². The van der Waals surface area contributed by atoms with Gasteiger partial charge in [0.2, 0.25) is 0 Å². The van der Waals surface area contributed by atoms with E-state index in [1.54, 1.807) is 18.4 Å². The van der Waals surface area contributed by atoms with Crippen molar-refractivity contribution in [2.24, 2.45) is 4.99 Å². The van der Waals surface area contributed by atoms with Gasteiger partial charge in [-0.15, -0.1) is 0 Å². The molecule has 7 heavy (non-hydrogen) atoms. The van der Waals surface area contributed by atoms with E-state index in [0.717, 1.165) is 0 Å². The second-order valence-corrected chi connectivity index (χ2v) is 1.26. The van der Waals surface area contributed by atoms with Gasteiger partial charge < -0.3 is 0 Å². The van der Waals surface area contributed by atoms with Crippen molar-refractivity contribution >= 4 is 6.21 Å². The summed E-state index contributed by atoms with van der Waals surface area (Å²) in [6.45, 7) is 0. The van der Waals surface area contributed by atoms with Gasteiger partial charge in [-0.25, -0.2) is 0 Å². The quantitative estimate of drug-likeness (QED) is 0.429. The Bertz CT molecular complexity index is 138. The van der Waals surface area contributed by atoms with Gasteiger partial charge in [-0.1, -0.05) is 0 Å². The van der Waals surface area contributed by atoms with Crippen molar-refractivity contribution in [3.63, 3.8) is 0 Å². The highest BCUT2D eigenvalue weighted by Crippen LogP contribution is 1.94. The van der Waals surface area contributed by atoms with Gasteiger partial charge in [-0.2, -0.15) is 5.26 Å². The molecule has 1 rings (SSSR count). The van der Waals surface area contributed by atoms with Gasteiger partial charge in [-0.05, 0) is 12.2 Å². The van der Waals surface area contributed by atoms with Crippen LogP contribution in [-0.4, -0.2) is 12.3 Å². The number of nitrogens with zero attached hydrogens (tertiary/aromatic N) is 2. The normalized spacial score (nSPS) is 25.3. The molecule has 1 heterocycles. The molecule has 0 aromatic rings. The molecule has 1 aliphatic rings. The molecule has 0 amide bonds. The van der Waals surface area contributed by atoms with Crippen LogP contribution < -0.4 is 0 Å². The number of hydrogen-bond acceptors (Lipinski definition) is 2. The molecule has 0 radical (unpaired) electrons. The van der Waals surface area contributed by atoms with Gasteiger partial charge in [0.15, 0.2) is 6.04 Å². The molecule has 0 N–H and O–H groups in total. The summed E-state index contributed by atoms with van der Waals surface area (Å²) < 4.78 is 0. The molecule has 1 aliphatic heterocycles. The molecule has 34 valence electrons. The van der Waals surface area contributed by atoms with Crippen molar-refractivity contribution < 1.29 is 0 Å². The zero-order valence-electron chi connectivity index (χ0n) is 3.70. The Morgan fingerprint density at radius 1 is 1.71 bits per heavy atom. The lowest BCUT2D eigenvalue weighted by molar-refractivity contribution is 1.07. The maximum absolute atomic E-state index is 8.15. The van der Waals surface area contributed by atoms with E-state index in [2.05, 4.69) is 4.99 Å². The molecule has 0 fully saturated rings. The van der Waals surface area contributed by atoms with Crippen LogP contribution in [0.25, 0.3) is 0 Å². The summed E-state index contributed by atoms with van der Waals surface area (Å²) in [5.74, 6) is 0. The second kappa shape index (κ2) is 1.57. The number of nitriles is 1. The van der Waals surface area contributed by atoms with Crippen LogP contribution in [0.2, 0.25) is 0 Å². The third kappa shape index (κ3) is 0.660. The highest BCUT2D eigenvalue weighted by molar-refractivity contribution is 5.74. The standard InChI is InChI=1S/C5H4N2/c6-4-5-2-1-3-7-5/h1-3,5H. The summed E-state index contributed by atoms with van der Waals surface area (Å²) in [5.41, 5.74) is 0. The van der Waals surface area contributed by atoms with Crippen LogP contribution in [0.5, 0.6) is 0 Å². The van der Waals surface area contributed by atoms with E-state index in [4.69, 9.17) is 5.26 Å². The largest absolute Gasteiger partial charge is 0.270 e. The molecular formula is C5H4N2. The summed E-state index contributed by atoms with van der Waals surface area (Å²) >= 11 is 0. The van der Waals surface area contributed by atoms with E-state index in [9.17, 15) is 0 Å². The monoisotopic (exact) mass is 92.0 g/mol. The molecule has 2 heteroatoms. The average molecular weight is 92.1 g/mol. The Labute approximate surface area is 41.8 Å². The molecule has 1 atom stereocenters. The summed E-state index contributed by atoms with van der Waals surface area (Å²) in [5, 5.41) is 8.15. The minimum Gasteiger partial charge on any atom is -0.270 e. The predicted octanol–water partition coefficient (Wildman–Crippen LogP) is 0.519. The molecule has 0 aromatic carbocycles. The van der Waals surface area contributed by atoms with Gasteiger partial charge in [0, 0.05) is 6.21 Å². The Morgan fingerprint density at radius 2 is 2.57 bits per heavy atom. The van der Waals surface area contributed by atoms with Crippen molar-refractivity contribution in [3.05, 3.63) is 12.2 Å². The SMILES string of the molecule is N#CC1C=CC=N1. The number of hydrogen-bond donors (Lipinski definition) is 0. The summed E-state index contributed by atoms with van der Waals surface area (Å²) in [6, 6.07) is 1.77. The predicted molar refractivity (Wildman–Crippen MR) is 27.0 cm³/mol. The van der Waals surface area contributed by atoms with Crippen LogP contribution in [0.4, 0.5) is 0 Å². The van der Waals surface area contributed by atoms with E-state index in [1.165, 1.54) is 0 Å². The van der Waals surface area contributed by atoms with Crippen LogP contribution in [0, 0.1) is 11.3 Å². The number of rotatable bonds is 0. The first kappa shape index (κ1) is 4.07. The molecule has 1 unspecified atom stereocenters. The Kier molecular flexibility index (Phi) is 0.910. The molecule has 0 bridgehead atoms. The first-order valence-corrected chi connectivity index (χ1v) is 2.03. The smallest absolute Gasteiger partial charge is 0.155 e. The maximum Gasteiger partial charge on any atom is 0.155 e. The molecular weight excluding hydrogens is 88.1 g/mol. The topological polar surface area (TPSA) is 36.1 Å². The Balaban J connectivity index is 2.65.